The Morgan fingerprint density at radius 3 is 1.67 bits per heavy atom. The average molecular weight is 277 g/mol. The molecule has 1 atom stereocenters. The summed E-state index contributed by atoms with van der Waals surface area (Å²) in [6, 6.07) is 0. The van der Waals surface area contributed by atoms with Gasteiger partial charge in [0.05, 0.1) is 0 Å². The summed E-state index contributed by atoms with van der Waals surface area (Å²) in [7, 11) is 0. The zero-order valence-corrected chi connectivity index (χ0v) is 12.3. The zero-order valence-electron chi connectivity index (χ0n) is 10.7. The Balaban J connectivity index is 2.92. The van der Waals surface area contributed by atoms with Crippen LogP contribution in [-0.2, 0) is 0 Å². The highest BCUT2D eigenvalue weighted by molar-refractivity contribution is 9.09. The van der Waals surface area contributed by atoms with Crippen LogP contribution in [0.25, 0.3) is 0 Å². The summed E-state index contributed by atoms with van der Waals surface area (Å²) >= 11 is 3.69. The average Bonchev–Trinajstić information content (AvgIpc) is 2.26. The van der Waals surface area contributed by atoms with Crippen molar-refractivity contribution < 1.29 is 0 Å². The molecule has 0 aromatic rings. The number of hydrogen-bond donors (Lipinski definition) is 0. The van der Waals surface area contributed by atoms with Crippen molar-refractivity contribution in [2.45, 2.75) is 89.3 Å². The largest absolute Gasteiger partial charge is 0.0891 e. The van der Waals surface area contributed by atoms with Crippen molar-refractivity contribution in [3.8, 4) is 0 Å². The highest BCUT2D eigenvalue weighted by atomic mass is 79.9. The summed E-state index contributed by atoms with van der Waals surface area (Å²) in [5, 5.41) is 0. The summed E-state index contributed by atoms with van der Waals surface area (Å²) in [4.78, 5) is 0.766. The van der Waals surface area contributed by atoms with Crippen molar-refractivity contribution in [2.75, 3.05) is 0 Å². The summed E-state index contributed by atoms with van der Waals surface area (Å²) in [6.07, 6.45) is 15.6. The van der Waals surface area contributed by atoms with Crippen molar-refractivity contribution in [1.82, 2.24) is 0 Å². The van der Waals surface area contributed by atoms with Crippen molar-refractivity contribution >= 4 is 15.9 Å². The van der Waals surface area contributed by atoms with Crippen LogP contribution in [0.1, 0.15) is 84.5 Å². The normalized spacial score (nSPS) is 13.0. The van der Waals surface area contributed by atoms with E-state index in [-0.39, 0.29) is 0 Å². The van der Waals surface area contributed by atoms with Gasteiger partial charge < -0.3 is 0 Å². The van der Waals surface area contributed by atoms with E-state index in [1.807, 2.05) is 0 Å². The van der Waals surface area contributed by atoms with E-state index >= 15 is 0 Å². The lowest BCUT2D eigenvalue weighted by Crippen LogP contribution is -1.94. The van der Waals surface area contributed by atoms with Gasteiger partial charge in [-0.15, -0.1) is 0 Å². The van der Waals surface area contributed by atoms with Crippen LogP contribution < -0.4 is 0 Å². The van der Waals surface area contributed by atoms with Crippen LogP contribution in [0.3, 0.4) is 0 Å². The molecule has 1 heteroatoms. The number of hydrogen-bond acceptors (Lipinski definition) is 0. The molecule has 0 bridgehead atoms. The van der Waals surface area contributed by atoms with Gasteiger partial charge in [-0.05, 0) is 12.8 Å². The number of alkyl halides is 1. The van der Waals surface area contributed by atoms with Crippen LogP contribution in [0.15, 0.2) is 0 Å². The van der Waals surface area contributed by atoms with Crippen LogP contribution in [0, 0.1) is 0 Å². The lowest BCUT2D eigenvalue weighted by molar-refractivity contribution is 0.552. The Morgan fingerprint density at radius 2 is 1.20 bits per heavy atom. The molecule has 0 aromatic carbocycles. The van der Waals surface area contributed by atoms with Gasteiger partial charge in [0.15, 0.2) is 0 Å². The van der Waals surface area contributed by atoms with Crippen molar-refractivity contribution in [2.24, 2.45) is 0 Å². The lowest BCUT2D eigenvalue weighted by atomic mass is 10.1. The van der Waals surface area contributed by atoms with Crippen LogP contribution in [0.4, 0.5) is 0 Å². The number of halogens is 1. The van der Waals surface area contributed by atoms with Crippen molar-refractivity contribution in [3.05, 3.63) is 0 Å². The standard InChI is InChI=1S/C14H29Br/c1-3-5-6-7-8-9-10-11-12-13-14(15)4-2/h14H,3-13H2,1-2H3. The summed E-state index contributed by atoms with van der Waals surface area (Å²) < 4.78 is 0. The highest BCUT2D eigenvalue weighted by Crippen LogP contribution is 2.15. The van der Waals surface area contributed by atoms with E-state index in [9.17, 15) is 0 Å². The maximum atomic E-state index is 3.69. The summed E-state index contributed by atoms with van der Waals surface area (Å²) in [5.74, 6) is 0. The maximum absolute atomic E-state index is 3.69. The molecule has 0 radical (unpaired) electrons. The second kappa shape index (κ2) is 12.5. The van der Waals surface area contributed by atoms with Gasteiger partial charge in [0.1, 0.15) is 0 Å². The van der Waals surface area contributed by atoms with E-state index in [1.165, 1.54) is 70.6 Å². The molecule has 15 heavy (non-hydrogen) atoms. The second-order valence-electron chi connectivity index (χ2n) is 4.62. The van der Waals surface area contributed by atoms with Crippen molar-refractivity contribution in [1.29, 1.82) is 0 Å². The molecule has 0 aliphatic heterocycles. The van der Waals surface area contributed by atoms with E-state index in [1.54, 1.807) is 0 Å². The smallest absolute Gasteiger partial charge is 0.0143 e. The summed E-state index contributed by atoms with van der Waals surface area (Å²) in [6.45, 7) is 4.54. The van der Waals surface area contributed by atoms with E-state index in [4.69, 9.17) is 0 Å². The third kappa shape index (κ3) is 12.4. The SMILES string of the molecule is CCCCCCCCCCCC(Br)CC. The Bertz CT molecular complexity index is 112. The first-order valence-corrected chi connectivity index (χ1v) is 7.86. The lowest BCUT2D eigenvalue weighted by Gasteiger charge is -2.05. The predicted octanol–water partition coefficient (Wildman–Crippen LogP) is 6.08. The third-order valence-corrected chi connectivity index (χ3v) is 4.17. The first-order chi connectivity index (χ1) is 7.31. The Morgan fingerprint density at radius 1 is 0.733 bits per heavy atom. The van der Waals surface area contributed by atoms with E-state index in [2.05, 4.69) is 29.8 Å². The number of rotatable bonds is 11. The van der Waals surface area contributed by atoms with E-state index in [0.717, 1.165) is 4.83 Å². The predicted molar refractivity (Wildman–Crippen MR) is 74.9 cm³/mol. The first kappa shape index (κ1) is 15.5. The minimum Gasteiger partial charge on any atom is -0.0891 e. The molecule has 0 nitrogen and oxygen atoms in total. The topological polar surface area (TPSA) is 0 Å². The molecule has 0 spiro atoms. The molecular weight excluding hydrogens is 248 g/mol. The van der Waals surface area contributed by atoms with Gasteiger partial charge in [0.2, 0.25) is 0 Å². The third-order valence-electron chi connectivity index (χ3n) is 3.06. The fourth-order valence-corrected chi connectivity index (χ4v) is 2.20. The van der Waals surface area contributed by atoms with Gasteiger partial charge in [-0.2, -0.15) is 0 Å². The minimum atomic E-state index is 0.766. The molecule has 1 unspecified atom stereocenters. The molecular formula is C14H29Br. The van der Waals surface area contributed by atoms with Crippen LogP contribution >= 0.6 is 15.9 Å². The van der Waals surface area contributed by atoms with Gasteiger partial charge in [0, 0.05) is 4.83 Å². The fourth-order valence-electron chi connectivity index (χ4n) is 1.88. The van der Waals surface area contributed by atoms with Gasteiger partial charge in [-0.25, -0.2) is 0 Å². The number of unbranched alkanes of at least 4 members (excludes halogenated alkanes) is 8. The molecule has 0 heterocycles. The fraction of sp³-hybridized carbons (Fsp3) is 1.00. The van der Waals surface area contributed by atoms with Gasteiger partial charge in [-0.3, -0.25) is 0 Å². The van der Waals surface area contributed by atoms with Crippen LogP contribution in [0.2, 0.25) is 0 Å². The molecule has 0 aliphatic carbocycles. The molecule has 0 amide bonds. The molecule has 92 valence electrons. The van der Waals surface area contributed by atoms with E-state index < -0.39 is 0 Å². The minimum absolute atomic E-state index is 0.766. The molecule has 0 saturated carbocycles. The molecule has 0 aliphatic rings. The molecule has 0 fully saturated rings. The Kier molecular flexibility index (Phi) is 13.0. The monoisotopic (exact) mass is 276 g/mol. The van der Waals surface area contributed by atoms with Crippen molar-refractivity contribution in [3.63, 3.8) is 0 Å². The molecule has 0 rings (SSSR count). The maximum Gasteiger partial charge on any atom is 0.0143 e. The van der Waals surface area contributed by atoms with Gasteiger partial charge >= 0.3 is 0 Å². The van der Waals surface area contributed by atoms with Crippen LogP contribution in [-0.4, -0.2) is 4.83 Å². The van der Waals surface area contributed by atoms with Crippen LogP contribution in [0.5, 0.6) is 0 Å². The molecule has 0 N–H and O–H groups in total. The van der Waals surface area contributed by atoms with Gasteiger partial charge in [-0.1, -0.05) is 87.6 Å². The molecule has 0 aromatic heterocycles. The highest BCUT2D eigenvalue weighted by Gasteiger charge is 1.99. The Labute approximate surface area is 105 Å². The quantitative estimate of drug-likeness (QED) is 0.317. The van der Waals surface area contributed by atoms with E-state index in [0.29, 0.717) is 0 Å². The summed E-state index contributed by atoms with van der Waals surface area (Å²) in [5.41, 5.74) is 0. The second-order valence-corrected chi connectivity index (χ2v) is 5.92. The zero-order chi connectivity index (χ0) is 11.4. The molecule has 0 saturated heterocycles. The Hall–Kier alpha value is 0.480. The first-order valence-electron chi connectivity index (χ1n) is 6.95. The van der Waals surface area contributed by atoms with Gasteiger partial charge in [0.25, 0.3) is 0 Å².